The highest BCUT2D eigenvalue weighted by molar-refractivity contribution is 5.81. The Labute approximate surface area is 117 Å². The lowest BCUT2D eigenvalue weighted by Gasteiger charge is -2.34. The summed E-state index contributed by atoms with van der Waals surface area (Å²) in [7, 11) is 1.65. The molecular weight excluding hydrogens is 244 g/mol. The number of carbonyl (C=O) groups is 1. The second-order valence-corrected chi connectivity index (χ2v) is 4.75. The summed E-state index contributed by atoms with van der Waals surface area (Å²) in [5.41, 5.74) is 0. The lowest BCUT2D eigenvalue weighted by atomic mass is 10.1. The summed E-state index contributed by atoms with van der Waals surface area (Å²) in [5.74, 6) is 0.0245. The molecule has 0 aromatic heterocycles. The molecule has 0 spiro atoms. The zero-order valence-corrected chi connectivity index (χ0v) is 12.8. The lowest BCUT2D eigenvalue weighted by Crippen LogP contribution is -2.50. The molecule has 0 aromatic rings. The minimum Gasteiger partial charge on any atom is -0.395 e. The number of aliphatic hydroxyl groups excluding tert-OH is 1. The first-order chi connectivity index (χ1) is 9.12. The van der Waals surface area contributed by atoms with E-state index in [1.165, 1.54) is 0 Å². The Morgan fingerprint density at radius 1 is 1.37 bits per heavy atom. The molecule has 1 atom stereocenters. The monoisotopic (exact) mass is 274 g/mol. The Hall–Kier alpha value is -0.650. The van der Waals surface area contributed by atoms with E-state index in [9.17, 15) is 4.79 Å². The molecule has 5 heteroatoms. The number of aliphatic hydroxyl groups is 1. The predicted molar refractivity (Wildman–Crippen MR) is 77.1 cm³/mol. The van der Waals surface area contributed by atoms with Crippen molar-refractivity contribution in [1.29, 1.82) is 0 Å². The summed E-state index contributed by atoms with van der Waals surface area (Å²) in [4.78, 5) is 14.2. The topological polar surface area (TPSA) is 61.8 Å². The first kappa shape index (κ1) is 18.4. The van der Waals surface area contributed by atoms with Gasteiger partial charge >= 0.3 is 0 Å². The van der Waals surface area contributed by atoms with Crippen LogP contribution in [0.5, 0.6) is 0 Å². The summed E-state index contributed by atoms with van der Waals surface area (Å²) < 4.78 is 4.95. The zero-order valence-electron chi connectivity index (χ0n) is 12.8. The van der Waals surface area contributed by atoms with Gasteiger partial charge in [0.25, 0.3) is 0 Å². The molecule has 0 radical (unpaired) electrons. The van der Waals surface area contributed by atoms with Crippen LogP contribution in [0.15, 0.2) is 0 Å². The first-order valence-electron chi connectivity index (χ1n) is 7.25. The summed E-state index contributed by atoms with van der Waals surface area (Å²) in [6.45, 7) is 8.04. The third-order valence-electron chi connectivity index (χ3n) is 3.47. The van der Waals surface area contributed by atoms with E-state index < -0.39 is 0 Å². The number of methoxy groups -OCH3 is 1. The van der Waals surface area contributed by atoms with Gasteiger partial charge in [-0.2, -0.15) is 0 Å². The van der Waals surface area contributed by atoms with Crippen LogP contribution in [0, 0.1) is 0 Å². The van der Waals surface area contributed by atoms with Gasteiger partial charge in [0.15, 0.2) is 0 Å². The fourth-order valence-electron chi connectivity index (χ4n) is 2.29. The molecule has 0 fully saturated rings. The molecule has 1 unspecified atom stereocenters. The Kier molecular flexibility index (Phi) is 10.8. The molecule has 114 valence electrons. The average Bonchev–Trinajstić information content (AvgIpc) is 2.43. The fraction of sp³-hybridized carbons (Fsp3) is 0.929. The number of nitrogens with zero attached hydrogens (tertiary/aromatic N) is 1. The maximum Gasteiger partial charge on any atom is 0.237 e. The van der Waals surface area contributed by atoms with Gasteiger partial charge < -0.3 is 15.2 Å². The summed E-state index contributed by atoms with van der Waals surface area (Å²) in [6.07, 6.45) is 2.79. The van der Waals surface area contributed by atoms with Crippen molar-refractivity contribution in [1.82, 2.24) is 10.2 Å². The van der Waals surface area contributed by atoms with Gasteiger partial charge in [-0.15, -0.1) is 0 Å². The summed E-state index contributed by atoms with van der Waals surface area (Å²) in [5, 5.41) is 12.1. The van der Waals surface area contributed by atoms with Crippen LogP contribution in [0.25, 0.3) is 0 Å². The number of hydrogen-bond donors (Lipinski definition) is 2. The molecule has 0 rings (SSSR count). The number of carbonyl (C=O) groups excluding carboxylic acids is 1. The highest BCUT2D eigenvalue weighted by Gasteiger charge is 2.25. The van der Waals surface area contributed by atoms with E-state index in [-0.39, 0.29) is 18.6 Å². The largest absolute Gasteiger partial charge is 0.395 e. The van der Waals surface area contributed by atoms with Crippen molar-refractivity contribution < 1.29 is 14.6 Å². The van der Waals surface area contributed by atoms with Gasteiger partial charge in [0.2, 0.25) is 5.91 Å². The molecule has 5 nitrogen and oxygen atoms in total. The molecule has 0 saturated heterocycles. The number of nitrogens with one attached hydrogen (secondary N) is 1. The number of rotatable bonds is 11. The van der Waals surface area contributed by atoms with Crippen LogP contribution in [0.4, 0.5) is 0 Å². The standard InChI is InChI=1S/C14H30N2O3/c1-5-13(6-2)16(9-10-17)12(3)14(18)15-8-7-11-19-4/h12-13,17H,5-11H2,1-4H3,(H,15,18). The SMILES string of the molecule is CCC(CC)N(CCO)C(C)C(=O)NCCCOC. The van der Waals surface area contributed by atoms with Gasteiger partial charge in [0.05, 0.1) is 12.6 Å². The average molecular weight is 274 g/mol. The Morgan fingerprint density at radius 2 is 2.00 bits per heavy atom. The van der Waals surface area contributed by atoms with Crippen LogP contribution in [0.3, 0.4) is 0 Å². The van der Waals surface area contributed by atoms with E-state index in [0.717, 1.165) is 19.3 Å². The maximum atomic E-state index is 12.1. The molecule has 0 aliphatic heterocycles. The number of hydrogen-bond acceptors (Lipinski definition) is 4. The van der Waals surface area contributed by atoms with Gasteiger partial charge in [-0.05, 0) is 26.2 Å². The molecule has 1 amide bonds. The van der Waals surface area contributed by atoms with E-state index in [1.54, 1.807) is 7.11 Å². The van der Waals surface area contributed by atoms with Crippen LogP contribution >= 0.6 is 0 Å². The maximum absolute atomic E-state index is 12.1. The van der Waals surface area contributed by atoms with Crippen molar-refractivity contribution >= 4 is 5.91 Å². The quantitative estimate of drug-likeness (QED) is 0.552. The zero-order chi connectivity index (χ0) is 14.7. The Balaban J connectivity index is 4.35. The van der Waals surface area contributed by atoms with Crippen molar-refractivity contribution in [3.05, 3.63) is 0 Å². The highest BCUT2D eigenvalue weighted by atomic mass is 16.5. The second-order valence-electron chi connectivity index (χ2n) is 4.75. The molecule has 0 heterocycles. The van der Waals surface area contributed by atoms with E-state index in [2.05, 4.69) is 24.1 Å². The Bertz CT molecular complexity index is 233. The normalized spacial score (nSPS) is 13.0. The molecular formula is C14H30N2O3. The molecule has 0 aromatic carbocycles. The minimum atomic E-state index is -0.209. The summed E-state index contributed by atoms with van der Waals surface area (Å²) >= 11 is 0. The predicted octanol–water partition coefficient (Wildman–Crippen LogP) is 1.01. The molecule has 0 aliphatic carbocycles. The number of ether oxygens (including phenoxy) is 1. The Morgan fingerprint density at radius 3 is 2.47 bits per heavy atom. The molecule has 19 heavy (non-hydrogen) atoms. The summed E-state index contributed by atoms with van der Waals surface area (Å²) in [6, 6.07) is 0.131. The lowest BCUT2D eigenvalue weighted by molar-refractivity contribution is -0.127. The van der Waals surface area contributed by atoms with E-state index in [0.29, 0.717) is 25.7 Å². The van der Waals surface area contributed by atoms with Crippen LogP contribution < -0.4 is 5.32 Å². The third kappa shape index (κ3) is 6.89. The van der Waals surface area contributed by atoms with Gasteiger partial charge in [0, 0.05) is 32.8 Å². The van der Waals surface area contributed by atoms with Crippen LogP contribution in [0.1, 0.15) is 40.0 Å². The number of amides is 1. The molecule has 0 saturated carbocycles. The smallest absolute Gasteiger partial charge is 0.237 e. The van der Waals surface area contributed by atoms with Crippen LogP contribution in [-0.4, -0.2) is 61.4 Å². The van der Waals surface area contributed by atoms with Crippen molar-refractivity contribution in [2.45, 2.75) is 52.1 Å². The molecule has 2 N–H and O–H groups in total. The fourth-order valence-corrected chi connectivity index (χ4v) is 2.29. The minimum absolute atomic E-state index is 0.0245. The molecule has 0 aliphatic rings. The van der Waals surface area contributed by atoms with Gasteiger partial charge in [-0.25, -0.2) is 0 Å². The van der Waals surface area contributed by atoms with Crippen LogP contribution in [0.2, 0.25) is 0 Å². The van der Waals surface area contributed by atoms with Crippen LogP contribution in [-0.2, 0) is 9.53 Å². The van der Waals surface area contributed by atoms with Gasteiger partial charge in [-0.3, -0.25) is 9.69 Å². The van der Waals surface area contributed by atoms with E-state index >= 15 is 0 Å². The van der Waals surface area contributed by atoms with Gasteiger partial charge in [-0.1, -0.05) is 13.8 Å². The molecule has 0 bridgehead atoms. The second kappa shape index (κ2) is 11.2. The van der Waals surface area contributed by atoms with E-state index in [1.807, 2.05) is 6.92 Å². The highest BCUT2D eigenvalue weighted by Crippen LogP contribution is 2.12. The van der Waals surface area contributed by atoms with Crippen molar-refractivity contribution in [3.63, 3.8) is 0 Å². The third-order valence-corrected chi connectivity index (χ3v) is 3.47. The van der Waals surface area contributed by atoms with Gasteiger partial charge in [0.1, 0.15) is 0 Å². The van der Waals surface area contributed by atoms with Crippen molar-refractivity contribution in [3.8, 4) is 0 Å². The van der Waals surface area contributed by atoms with Crippen molar-refractivity contribution in [2.24, 2.45) is 0 Å². The van der Waals surface area contributed by atoms with E-state index in [4.69, 9.17) is 9.84 Å². The van der Waals surface area contributed by atoms with Crippen molar-refractivity contribution in [2.75, 3.05) is 33.4 Å². The first-order valence-corrected chi connectivity index (χ1v) is 7.25.